The van der Waals surface area contributed by atoms with E-state index in [2.05, 4.69) is 27.8 Å². The maximum absolute atomic E-state index is 12.8. The van der Waals surface area contributed by atoms with Crippen LogP contribution in [0.25, 0.3) is 10.2 Å². The molecule has 1 atom stereocenters. The molecule has 6 heteroatoms. The zero-order valence-corrected chi connectivity index (χ0v) is 15.2. The third-order valence-electron chi connectivity index (χ3n) is 4.62. The molecular formula is C20H19N3O2S. The number of amides is 2. The van der Waals surface area contributed by atoms with E-state index in [0.29, 0.717) is 5.13 Å². The molecule has 0 aliphatic heterocycles. The van der Waals surface area contributed by atoms with Gasteiger partial charge in [0.25, 0.3) is 0 Å². The molecule has 1 aliphatic rings. The highest BCUT2D eigenvalue weighted by molar-refractivity contribution is 7.22. The number of hydrogen-bond acceptors (Lipinski definition) is 4. The Bertz CT molecular complexity index is 996. The Morgan fingerprint density at radius 3 is 2.85 bits per heavy atom. The Balaban J connectivity index is 1.56. The fourth-order valence-electron chi connectivity index (χ4n) is 3.48. The van der Waals surface area contributed by atoms with E-state index in [0.717, 1.165) is 40.7 Å². The fourth-order valence-corrected chi connectivity index (χ4v) is 4.39. The highest BCUT2D eigenvalue weighted by atomic mass is 32.1. The summed E-state index contributed by atoms with van der Waals surface area (Å²) in [5.41, 5.74) is 3.93. The van der Waals surface area contributed by atoms with E-state index >= 15 is 0 Å². The van der Waals surface area contributed by atoms with Crippen LogP contribution in [0.4, 0.5) is 10.8 Å². The highest BCUT2D eigenvalue weighted by Crippen LogP contribution is 2.34. The summed E-state index contributed by atoms with van der Waals surface area (Å²) >= 11 is 1.42. The summed E-state index contributed by atoms with van der Waals surface area (Å²) in [6.45, 7) is 1.48. The quantitative estimate of drug-likeness (QED) is 0.726. The van der Waals surface area contributed by atoms with Gasteiger partial charge in [-0.1, -0.05) is 35.6 Å². The number of carbonyl (C=O) groups excluding carboxylic acids is 2. The molecule has 26 heavy (non-hydrogen) atoms. The minimum absolute atomic E-state index is 0.00158. The molecule has 5 nitrogen and oxygen atoms in total. The Morgan fingerprint density at radius 2 is 2.00 bits per heavy atom. The minimum Gasteiger partial charge on any atom is -0.326 e. The van der Waals surface area contributed by atoms with Crippen LogP contribution in [-0.2, 0) is 16.0 Å². The number of benzene rings is 2. The zero-order valence-electron chi connectivity index (χ0n) is 14.4. The van der Waals surface area contributed by atoms with Crippen LogP contribution in [-0.4, -0.2) is 16.8 Å². The first-order chi connectivity index (χ1) is 12.6. The maximum atomic E-state index is 12.8. The predicted octanol–water partition coefficient (Wildman–Crippen LogP) is 4.31. The van der Waals surface area contributed by atoms with E-state index in [1.165, 1.54) is 23.8 Å². The van der Waals surface area contributed by atoms with Gasteiger partial charge in [-0.05, 0) is 48.6 Å². The monoisotopic (exact) mass is 365 g/mol. The lowest BCUT2D eigenvalue weighted by Gasteiger charge is -2.24. The number of rotatable bonds is 3. The first kappa shape index (κ1) is 16.7. The predicted molar refractivity (Wildman–Crippen MR) is 105 cm³/mol. The standard InChI is InChI=1S/C20H19N3O2S/c1-12(24)21-14-9-10-17-18(11-14)26-20(22-17)23-19(25)16-8-4-6-13-5-2-3-7-15(13)16/h2-3,5,7,9-11,16H,4,6,8H2,1H3,(H,21,24)(H,22,23,25). The lowest BCUT2D eigenvalue weighted by atomic mass is 9.82. The van der Waals surface area contributed by atoms with Crippen LogP contribution in [0.5, 0.6) is 0 Å². The van der Waals surface area contributed by atoms with Crippen molar-refractivity contribution in [3.8, 4) is 0 Å². The molecule has 132 valence electrons. The second-order valence-electron chi connectivity index (χ2n) is 6.52. The molecular weight excluding hydrogens is 346 g/mol. The van der Waals surface area contributed by atoms with Gasteiger partial charge in [-0.25, -0.2) is 4.98 Å². The first-order valence-corrected chi connectivity index (χ1v) is 9.48. The summed E-state index contributed by atoms with van der Waals surface area (Å²) in [6.07, 6.45) is 2.92. The molecule has 3 aromatic rings. The summed E-state index contributed by atoms with van der Waals surface area (Å²) in [5.74, 6) is -0.237. The van der Waals surface area contributed by atoms with Gasteiger partial charge in [0, 0.05) is 12.6 Å². The van der Waals surface area contributed by atoms with Crippen molar-refractivity contribution in [2.75, 3.05) is 10.6 Å². The zero-order chi connectivity index (χ0) is 18.1. The second kappa shape index (κ2) is 6.88. The van der Waals surface area contributed by atoms with E-state index in [9.17, 15) is 9.59 Å². The number of nitrogens with zero attached hydrogens (tertiary/aromatic N) is 1. The summed E-state index contributed by atoms with van der Waals surface area (Å²) in [7, 11) is 0. The molecule has 0 spiro atoms. The Morgan fingerprint density at radius 1 is 1.15 bits per heavy atom. The van der Waals surface area contributed by atoms with Gasteiger partial charge >= 0.3 is 0 Å². The van der Waals surface area contributed by atoms with Crippen LogP contribution in [0.2, 0.25) is 0 Å². The number of aryl methyl sites for hydroxylation is 1. The third-order valence-corrected chi connectivity index (χ3v) is 5.56. The van der Waals surface area contributed by atoms with Crippen molar-refractivity contribution in [3.63, 3.8) is 0 Å². The largest absolute Gasteiger partial charge is 0.326 e. The molecule has 0 saturated carbocycles. The fraction of sp³-hybridized carbons (Fsp3) is 0.250. The van der Waals surface area contributed by atoms with Crippen LogP contribution < -0.4 is 10.6 Å². The number of carbonyl (C=O) groups is 2. The smallest absolute Gasteiger partial charge is 0.233 e. The topological polar surface area (TPSA) is 71.1 Å². The maximum Gasteiger partial charge on any atom is 0.233 e. The van der Waals surface area contributed by atoms with Crippen LogP contribution in [0.3, 0.4) is 0 Å². The molecule has 2 N–H and O–H groups in total. The van der Waals surface area contributed by atoms with Crippen molar-refractivity contribution in [3.05, 3.63) is 53.6 Å². The third kappa shape index (κ3) is 3.32. The molecule has 0 fully saturated rings. The Kier molecular flexibility index (Phi) is 4.42. The van der Waals surface area contributed by atoms with Gasteiger partial charge < -0.3 is 10.6 Å². The molecule has 0 saturated heterocycles. The van der Waals surface area contributed by atoms with Gasteiger partial charge in [-0.3, -0.25) is 9.59 Å². The van der Waals surface area contributed by atoms with Crippen molar-refractivity contribution >= 4 is 44.2 Å². The number of nitrogens with one attached hydrogen (secondary N) is 2. The number of fused-ring (bicyclic) bond motifs is 2. The van der Waals surface area contributed by atoms with Gasteiger partial charge in [0.15, 0.2) is 5.13 Å². The van der Waals surface area contributed by atoms with E-state index in [1.807, 2.05) is 30.3 Å². The van der Waals surface area contributed by atoms with Crippen molar-refractivity contribution < 1.29 is 9.59 Å². The summed E-state index contributed by atoms with van der Waals surface area (Å²) in [6, 6.07) is 13.7. The lowest BCUT2D eigenvalue weighted by Crippen LogP contribution is -2.24. The number of aromatic nitrogens is 1. The average Bonchev–Trinajstić information content (AvgIpc) is 3.02. The lowest BCUT2D eigenvalue weighted by molar-refractivity contribution is -0.118. The summed E-state index contributed by atoms with van der Waals surface area (Å²) < 4.78 is 0.926. The summed E-state index contributed by atoms with van der Waals surface area (Å²) in [5, 5.41) is 6.34. The van der Waals surface area contributed by atoms with Gasteiger partial charge in [0.2, 0.25) is 11.8 Å². The molecule has 0 radical (unpaired) electrons. The van der Waals surface area contributed by atoms with E-state index < -0.39 is 0 Å². The van der Waals surface area contributed by atoms with Crippen molar-refractivity contribution in [1.29, 1.82) is 0 Å². The minimum atomic E-state index is -0.123. The summed E-state index contributed by atoms with van der Waals surface area (Å²) in [4.78, 5) is 28.5. The Labute approximate surface area is 155 Å². The van der Waals surface area contributed by atoms with Crippen molar-refractivity contribution in [2.24, 2.45) is 0 Å². The van der Waals surface area contributed by atoms with Crippen molar-refractivity contribution in [2.45, 2.75) is 32.1 Å². The van der Waals surface area contributed by atoms with E-state index in [-0.39, 0.29) is 17.7 Å². The normalized spacial score (nSPS) is 16.1. The van der Waals surface area contributed by atoms with Gasteiger partial charge in [-0.2, -0.15) is 0 Å². The molecule has 1 aromatic heterocycles. The molecule has 1 unspecified atom stereocenters. The molecule has 0 bridgehead atoms. The molecule has 2 amide bonds. The first-order valence-electron chi connectivity index (χ1n) is 8.67. The average molecular weight is 365 g/mol. The number of thiazole rings is 1. The van der Waals surface area contributed by atoms with Crippen LogP contribution in [0, 0.1) is 0 Å². The SMILES string of the molecule is CC(=O)Nc1ccc2nc(NC(=O)C3CCCc4ccccc43)sc2c1. The van der Waals surface area contributed by atoms with Crippen molar-refractivity contribution in [1.82, 2.24) is 4.98 Å². The van der Waals surface area contributed by atoms with E-state index in [1.54, 1.807) is 0 Å². The van der Waals surface area contributed by atoms with Gasteiger partial charge in [0.05, 0.1) is 16.1 Å². The second-order valence-corrected chi connectivity index (χ2v) is 7.55. The number of hydrogen-bond donors (Lipinski definition) is 2. The number of anilines is 2. The van der Waals surface area contributed by atoms with Gasteiger partial charge in [-0.15, -0.1) is 0 Å². The molecule has 4 rings (SSSR count). The van der Waals surface area contributed by atoms with Crippen LogP contribution in [0.1, 0.15) is 36.8 Å². The molecule has 1 aliphatic carbocycles. The molecule has 2 aromatic carbocycles. The molecule has 1 heterocycles. The van der Waals surface area contributed by atoms with Crippen LogP contribution in [0.15, 0.2) is 42.5 Å². The highest BCUT2D eigenvalue weighted by Gasteiger charge is 2.26. The Hall–Kier alpha value is -2.73. The van der Waals surface area contributed by atoms with Gasteiger partial charge in [0.1, 0.15) is 0 Å². The van der Waals surface area contributed by atoms with E-state index in [4.69, 9.17) is 0 Å². The van der Waals surface area contributed by atoms with Crippen LogP contribution >= 0.6 is 11.3 Å².